The summed E-state index contributed by atoms with van der Waals surface area (Å²) >= 11 is 0. The van der Waals surface area contributed by atoms with Crippen LogP contribution in [0.15, 0.2) is 18.2 Å². The maximum Gasteiger partial charge on any atom is 0.232 e. The number of benzene rings is 1. The molecule has 0 unspecified atom stereocenters. The van der Waals surface area contributed by atoms with Crippen LogP contribution in [0.5, 0.6) is 0 Å². The van der Waals surface area contributed by atoms with E-state index >= 15 is 0 Å². The summed E-state index contributed by atoms with van der Waals surface area (Å²) in [6, 6.07) is 5.44. The molecule has 1 aromatic carbocycles. The Morgan fingerprint density at radius 2 is 2.07 bits per heavy atom. The maximum atomic E-state index is 11.4. The van der Waals surface area contributed by atoms with E-state index in [0.29, 0.717) is 12.2 Å². The molecule has 1 rings (SSSR count). The lowest BCUT2D eigenvalue weighted by Crippen LogP contribution is -2.17. The Labute approximate surface area is 90.5 Å². The first kappa shape index (κ1) is 12.0. The quantitative estimate of drug-likeness (QED) is 0.813. The van der Waals surface area contributed by atoms with Crippen molar-refractivity contribution in [1.82, 2.24) is 0 Å². The Morgan fingerprint density at radius 1 is 1.40 bits per heavy atom. The number of sulfonamides is 1. The number of nitrogens with two attached hydrogens (primary N) is 1. The summed E-state index contributed by atoms with van der Waals surface area (Å²) in [6.45, 7) is 3.83. The highest BCUT2D eigenvalue weighted by Gasteiger charge is 2.10. The molecule has 84 valence electrons. The van der Waals surface area contributed by atoms with Crippen LogP contribution in [0.2, 0.25) is 0 Å². The monoisotopic (exact) mass is 228 g/mol. The molecule has 3 N–H and O–H groups in total. The van der Waals surface area contributed by atoms with Crippen molar-refractivity contribution in [3.05, 3.63) is 29.3 Å². The number of hydrogen-bond acceptors (Lipinski definition) is 3. The molecule has 0 radical (unpaired) electrons. The Bertz CT molecular complexity index is 441. The molecular formula is C10H16N2O2S. The average Bonchev–Trinajstić information content (AvgIpc) is 2.18. The third kappa shape index (κ3) is 2.94. The van der Waals surface area contributed by atoms with Crippen LogP contribution >= 0.6 is 0 Å². The molecular weight excluding hydrogens is 212 g/mol. The zero-order valence-corrected chi connectivity index (χ0v) is 9.76. The molecule has 0 spiro atoms. The molecule has 0 aliphatic rings. The minimum Gasteiger partial charge on any atom is -0.326 e. The van der Waals surface area contributed by atoms with E-state index in [1.165, 1.54) is 0 Å². The van der Waals surface area contributed by atoms with Crippen LogP contribution in [-0.4, -0.2) is 14.2 Å². The van der Waals surface area contributed by atoms with Crippen molar-refractivity contribution < 1.29 is 8.42 Å². The van der Waals surface area contributed by atoms with Gasteiger partial charge in [-0.15, -0.1) is 0 Å². The number of anilines is 1. The van der Waals surface area contributed by atoms with Crippen LogP contribution in [0, 0.1) is 6.92 Å². The average molecular weight is 228 g/mol. The summed E-state index contributed by atoms with van der Waals surface area (Å²) < 4.78 is 25.3. The predicted octanol–water partition coefficient (Wildman–Crippen LogP) is 1.22. The van der Waals surface area contributed by atoms with E-state index < -0.39 is 10.0 Å². The first-order chi connectivity index (χ1) is 7.00. The van der Waals surface area contributed by atoms with Gasteiger partial charge >= 0.3 is 0 Å². The molecule has 0 heterocycles. The molecule has 1 aromatic rings. The van der Waals surface area contributed by atoms with Crippen molar-refractivity contribution in [2.75, 3.05) is 10.5 Å². The highest BCUT2D eigenvalue weighted by molar-refractivity contribution is 7.92. The fourth-order valence-corrected chi connectivity index (χ4v) is 1.98. The second-order valence-corrected chi connectivity index (χ2v) is 5.32. The number of aryl methyl sites for hydroxylation is 1. The lowest BCUT2D eigenvalue weighted by Gasteiger charge is -2.12. The Kier molecular flexibility index (Phi) is 3.71. The van der Waals surface area contributed by atoms with Crippen molar-refractivity contribution in [2.45, 2.75) is 20.4 Å². The number of rotatable bonds is 4. The molecule has 0 amide bonds. The Hall–Kier alpha value is -1.07. The van der Waals surface area contributed by atoms with Gasteiger partial charge in [-0.3, -0.25) is 4.72 Å². The van der Waals surface area contributed by atoms with Crippen molar-refractivity contribution in [3.63, 3.8) is 0 Å². The molecule has 15 heavy (non-hydrogen) atoms. The molecule has 0 aliphatic carbocycles. The minimum absolute atomic E-state index is 0.0605. The standard InChI is InChI=1S/C10H16N2O2S/c1-3-15(13,14)12-10-6-4-5-8(2)9(10)7-11/h4-6,12H,3,7,11H2,1-2H3. The molecule has 4 nitrogen and oxygen atoms in total. The molecule has 0 saturated carbocycles. The van der Waals surface area contributed by atoms with E-state index in [4.69, 9.17) is 5.73 Å². The predicted molar refractivity (Wildman–Crippen MR) is 62.2 cm³/mol. The van der Waals surface area contributed by atoms with Gasteiger partial charge in [-0.1, -0.05) is 12.1 Å². The van der Waals surface area contributed by atoms with E-state index in [1.807, 2.05) is 19.1 Å². The van der Waals surface area contributed by atoms with Gasteiger partial charge in [0.2, 0.25) is 10.0 Å². The molecule has 0 fully saturated rings. The van der Waals surface area contributed by atoms with E-state index in [-0.39, 0.29) is 5.75 Å². The van der Waals surface area contributed by atoms with E-state index in [1.54, 1.807) is 13.0 Å². The maximum absolute atomic E-state index is 11.4. The zero-order valence-electron chi connectivity index (χ0n) is 8.95. The second kappa shape index (κ2) is 4.63. The van der Waals surface area contributed by atoms with Crippen LogP contribution in [0.4, 0.5) is 5.69 Å². The van der Waals surface area contributed by atoms with Gasteiger partial charge in [0.1, 0.15) is 0 Å². The van der Waals surface area contributed by atoms with E-state index in [2.05, 4.69) is 4.72 Å². The van der Waals surface area contributed by atoms with Gasteiger partial charge in [-0.05, 0) is 31.0 Å². The van der Waals surface area contributed by atoms with Crippen LogP contribution in [0.25, 0.3) is 0 Å². The third-order valence-corrected chi connectivity index (χ3v) is 3.55. The van der Waals surface area contributed by atoms with E-state index in [9.17, 15) is 8.42 Å². The van der Waals surface area contributed by atoms with Crippen molar-refractivity contribution in [2.24, 2.45) is 5.73 Å². The van der Waals surface area contributed by atoms with Gasteiger partial charge in [-0.25, -0.2) is 8.42 Å². The minimum atomic E-state index is -3.23. The molecule has 0 atom stereocenters. The van der Waals surface area contributed by atoms with Gasteiger partial charge in [0.25, 0.3) is 0 Å². The highest BCUT2D eigenvalue weighted by atomic mass is 32.2. The summed E-state index contributed by atoms with van der Waals surface area (Å²) in [5.74, 6) is 0.0605. The van der Waals surface area contributed by atoms with Gasteiger partial charge in [0, 0.05) is 6.54 Å². The van der Waals surface area contributed by atoms with Crippen molar-refractivity contribution in [3.8, 4) is 0 Å². The largest absolute Gasteiger partial charge is 0.326 e. The van der Waals surface area contributed by atoms with E-state index in [0.717, 1.165) is 11.1 Å². The van der Waals surface area contributed by atoms with Gasteiger partial charge in [-0.2, -0.15) is 0 Å². The SMILES string of the molecule is CCS(=O)(=O)Nc1cccc(C)c1CN. The van der Waals surface area contributed by atoms with Gasteiger partial charge < -0.3 is 5.73 Å². The van der Waals surface area contributed by atoms with Crippen LogP contribution in [0.1, 0.15) is 18.1 Å². The molecule has 0 aromatic heterocycles. The molecule has 0 aliphatic heterocycles. The van der Waals surface area contributed by atoms with Crippen LogP contribution < -0.4 is 10.5 Å². The third-order valence-electron chi connectivity index (χ3n) is 2.26. The second-order valence-electron chi connectivity index (χ2n) is 3.31. The first-order valence-corrected chi connectivity index (χ1v) is 6.44. The Balaban J connectivity index is 3.10. The van der Waals surface area contributed by atoms with Gasteiger partial charge in [0.05, 0.1) is 11.4 Å². The lowest BCUT2D eigenvalue weighted by molar-refractivity contribution is 0.602. The summed E-state index contributed by atoms with van der Waals surface area (Å²) in [5, 5.41) is 0. The normalized spacial score (nSPS) is 11.4. The number of hydrogen-bond donors (Lipinski definition) is 2. The van der Waals surface area contributed by atoms with Crippen LogP contribution in [0.3, 0.4) is 0 Å². The first-order valence-electron chi connectivity index (χ1n) is 4.79. The van der Waals surface area contributed by atoms with Gasteiger partial charge in [0.15, 0.2) is 0 Å². The van der Waals surface area contributed by atoms with Crippen molar-refractivity contribution in [1.29, 1.82) is 0 Å². The Morgan fingerprint density at radius 3 is 2.60 bits per heavy atom. The number of nitrogens with one attached hydrogen (secondary N) is 1. The summed E-state index contributed by atoms with van der Waals surface area (Å²) in [4.78, 5) is 0. The summed E-state index contributed by atoms with van der Waals surface area (Å²) in [5.41, 5.74) is 8.00. The fourth-order valence-electron chi connectivity index (χ4n) is 1.31. The molecule has 5 heteroatoms. The highest BCUT2D eigenvalue weighted by Crippen LogP contribution is 2.19. The van der Waals surface area contributed by atoms with Crippen molar-refractivity contribution >= 4 is 15.7 Å². The molecule has 0 saturated heterocycles. The molecule has 0 bridgehead atoms. The fraction of sp³-hybridized carbons (Fsp3) is 0.400. The zero-order chi connectivity index (χ0) is 11.5. The smallest absolute Gasteiger partial charge is 0.232 e. The topological polar surface area (TPSA) is 72.2 Å². The summed E-state index contributed by atoms with van der Waals surface area (Å²) in [7, 11) is -3.23. The van der Waals surface area contributed by atoms with Crippen LogP contribution in [-0.2, 0) is 16.6 Å². The lowest BCUT2D eigenvalue weighted by atomic mass is 10.1. The summed E-state index contributed by atoms with van der Waals surface area (Å²) in [6.07, 6.45) is 0.